The van der Waals surface area contributed by atoms with Crippen LogP contribution in [0.15, 0.2) is 84.9 Å². The van der Waals surface area contributed by atoms with E-state index in [4.69, 9.17) is 0 Å². The van der Waals surface area contributed by atoms with Gasteiger partial charge in [-0.1, -0.05) is 24.3 Å². The predicted molar refractivity (Wildman–Crippen MR) is 127 cm³/mol. The third kappa shape index (κ3) is 5.02. The molecule has 0 aliphatic rings. The topological polar surface area (TPSA) is 88.0 Å². The van der Waals surface area contributed by atoms with Crippen LogP contribution in [-0.4, -0.2) is 21.7 Å². The Morgan fingerprint density at radius 2 is 1.34 bits per heavy atom. The highest BCUT2D eigenvalue weighted by atomic mass is 16.2. The van der Waals surface area contributed by atoms with Gasteiger partial charge in [0, 0.05) is 28.3 Å². The minimum Gasteiger partial charge on any atom is -0.322 e. The smallest absolute Gasteiger partial charge is 0.322 e. The Morgan fingerprint density at radius 1 is 0.719 bits per heavy atom. The lowest BCUT2D eigenvalue weighted by atomic mass is 10.2. The van der Waals surface area contributed by atoms with Crippen molar-refractivity contribution < 1.29 is 9.59 Å². The van der Waals surface area contributed by atoms with Gasteiger partial charge in [0.25, 0.3) is 5.91 Å². The van der Waals surface area contributed by atoms with Gasteiger partial charge in [0.15, 0.2) is 0 Å². The number of amides is 3. The summed E-state index contributed by atoms with van der Waals surface area (Å²) in [7, 11) is 0. The summed E-state index contributed by atoms with van der Waals surface area (Å²) in [6.45, 7) is 3.93. The van der Waals surface area contributed by atoms with Gasteiger partial charge in [0.2, 0.25) is 0 Å². The summed E-state index contributed by atoms with van der Waals surface area (Å²) in [6.07, 6.45) is 0. The molecule has 0 atom stereocenters. The van der Waals surface area contributed by atoms with Gasteiger partial charge < -0.3 is 16.0 Å². The summed E-state index contributed by atoms with van der Waals surface area (Å²) in [5.41, 5.74) is 5.22. The van der Waals surface area contributed by atoms with Crippen LogP contribution >= 0.6 is 0 Å². The van der Waals surface area contributed by atoms with E-state index in [0.717, 1.165) is 17.1 Å². The van der Waals surface area contributed by atoms with Crippen molar-refractivity contribution in [1.82, 2.24) is 9.78 Å². The molecular formula is C25H23N5O2. The molecule has 1 aromatic heterocycles. The van der Waals surface area contributed by atoms with E-state index in [1.165, 1.54) is 0 Å². The molecule has 0 saturated carbocycles. The molecule has 7 heteroatoms. The van der Waals surface area contributed by atoms with Gasteiger partial charge in [-0.25, -0.2) is 9.48 Å². The lowest BCUT2D eigenvalue weighted by Crippen LogP contribution is -2.19. The van der Waals surface area contributed by atoms with Gasteiger partial charge in [0.05, 0.1) is 11.4 Å². The van der Waals surface area contributed by atoms with Crippen molar-refractivity contribution in [2.45, 2.75) is 13.8 Å². The average molecular weight is 425 g/mol. The van der Waals surface area contributed by atoms with E-state index in [-0.39, 0.29) is 11.9 Å². The number of aryl methyl sites for hydroxylation is 2. The second-order valence-corrected chi connectivity index (χ2v) is 7.37. The van der Waals surface area contributed by atoms with E-state index in [2.05, 4.69) is 21.0 Å². The second kappa shape index (κ2) is 9.18. The predicted octanol–water partition coefficient (Wildman–Crippen LogP) is 5.39. The Bertz CT molecular complexity index is 1250. The Morgan fingerprint density at radius 3 is 2.00 bits per heavy atom. The largest absolute Gasteiger partial charge is 0.323 e. The third-order valence-corrected chi connectivity index (χ3v) is 4.79. The molecule has 3 amide bonds. The highest BCUT2D eigenvalue weighted by Gasteiger charge is 2.09. The van der Waals surface area contributed by atoms with Crippen molar-refractivity contribution >= 4 is 29.0 Å². The first-order chi connectivity index (χ1) is 15.5. The van der Waals surface area contributed by atoms with Crippen molar-refractivity contribution in [3.63, 3.8) is 0 Å². The quantitative estimate of drug-likeness (QED) is 0.401. The van der Waals surface area contributed by atoms with Crippen molar-refractivity contribution in [2.24, 2.45) is 0 Å². The summed E-state index contributed by atoms with van der Waals surface area (Å²) < 4.78 is 1.84. The highest BCUT2D eigenvalue weighted by molar-refractivity contribution is 6.05. The monoisotopic (exact) mass is 425 g/mol. The fourth-order valence-corrected chi connectivity index (χ4v) is 3.34. The van der Waals surface area contributed by atoms with Crippen molar-refractivity contribution in [1.29, 1.82) is 0 Å². The molecule has 4 rings (SSSR count). The maximum absolute atomic E-state index is 12.7. The summed E-state index contributed by atoms with van der Waals surface area (Å²) in [5.74, 6) is -0.240. The number of benzene rings is 3. The molecule has 160 valence electrons. The number of hydrogen-bond acceptors (Lipinski definition) is 3. The average Bonchev–Trinajstić information content (AvgIpc) is 3.12. The lowest BCUT2D eigenvalue weighted by Gasteiger charge is -2.10. The first-order valence-electron chi connectivity index (χ1n) is 10.2. The van der Waals surface area contributed by atoms with Crippen molar-refractivity contribution in [3.05, 3.63) is 102 Å². The molecule has 0 aliphatic heterocycles. The maximum atomic E-state index is 12.7. The molecule has 3 aromatic carbocycles. The first kappa shape index (κ1) is 20.9. The summed E-state index contributed by atoms with van der Waals surface area (Å²) in [4.78, 5) is 24.9. The molecule has 7 nitrogen and oxygen atoms in total. The van der Waals surface area contributed by atoms with E-state index >= 15 is 0 Å². The number of para-hydroxylation sites is 1. The number of carbonyl (C=O) groups excluding carboxylic acids is 2. The van der Waals surface area contributed by atoms with E-state index in [0.29, 0.717) is 22.6 Å². The van der Waals surface area contributed by atoms with Crippen LogP contribution in [0.3, 0.4) is 0 Å². The lowest BCUT2D eigenvalue weighted by molar-refractivity contribution is 0.102. The fraction of sp³-hybridized carbons (Fsp3) is 0.0800. The minimum absolute atomic E-state index is 0.240. The molecule has 0 unspecified atom stereocenters. The van der Waals surface area contributed by atoms with Crippen LogP contribution in [0, 0.1) is 13.8 Å². The van der Waals surface area contributed by atoms with Crippen LogP contribution in [0.2, 0.25) is 0 Å². The number of carbonyl (C=O) groups is 2. The van der Waals surface area contributed by atoms with E-state index in [9.17, 15) is 9.59 Å². The number of aromatic nitrogens is 2. The molecule has 4 aromatic rings. The van der Waals surface area contributed by atoms with E-state index in [1.54, 1.807) is 48.5 Å². The fourth-order valence-electron chi connectivity index (χ4n) is 3.34. The van der Waals surface area contributed by atoms with Gasteiger partial charge in [-0.05, 0) is 74.5 Å². The second-order valence-electron chi connectivity index (χ2n) is 7.37. The maximum Gasteiger partial charge on any atom is 0.323 e. The molecular weight excluding hydrogens is 402 g/mol. The van der Waals surface area contributed by atoms with E-state index in [1.807, 2.05) is 54.9 Å². The number of anilines is 3. The number of nitrogens with zero attached hydrogens (tertiary/aromatic N) is 2. The highest BCUT2D eigenvalue weighted by Crippen LogP contribution is 2.18. The van der Waals surface area contributed by atoms with Crippen LogP contribution in [0.25, 0.3) is 5.69 Å². The minimum atomic E-state index is -0.362. The SMILES string of the molecule is Cc1cc(C)n(-c2ccc(C(=O)Nc3cccc(NC(=O)Nc4ccccc4)c3)cc2)n1. The van der Waals surface area contributed by atoms with Crippen LogP contribution in [-0.2, 0) is 0 Å². The Labute approximate surface area is 186 Å². The van der Waals surface area contributed by atoms with Crippen molar-refractivity contribution in [2.75, 3.05) is 16.0 Å². The Hall–Kier alpha value is -4.39. The van der Waals surface area contributed by atoms with Crippen LogP contribution in [0.4, 0.5) is 21.9 Å². The number of nitrogens with one attached hydrogen (secondary N) is 3. The molecule has 0 radical (unpaired) electrons. The van der Waals surface area contributed by atoms with E-state index < -0.39 is 0 Å². The van der Waals surface area contributed by atoms with Gasteiger partial charge in [-0.15, -0.1) is 0 Å². The van der Waals surface area contributed by atoms with Crippen LogP contribution < -0.4 is 16.0 Å². The molecule has 0 spiro atoms. The van der Waals surface area contributed by atoms with Crippen LogP contribution in [0.5, 0.6) is 0 Å². The molecule has 32 heavy (non-hydrogen) atoms. The number of hydrogen-bond donors (Lipinski definition) is 3. The Kier molecular flexibility index (Phi) is 5.98. The molecule has 1 heterocycles. The number of rotatable bonds is 5. The summed E-state index contributed by atoms with van der Waals surface area (Å²) in [5, 5.41) is 12.8. The zero-order valence-corrected chi connectivity index (χ0v) is 17.8. The zero-order valence-electron chi connectivity index (χ0n) is 17.8. The van der Waals surface area contributed by atoms with Gasteiger partial charge in [-0.2, -0.15) is 5.10 Å². The first-order valence-corrected chi connectivity index (χ1v) is 10.2. The zero-order chi connectivity index (χ0) is 22.5. The molecule has 3 N–H and O–H groups in total. The molecule has 0 fully saturated rings. The third-order valence-electron chi connectivity index (χ3n) is 4.79. The van der Waals surface area contributed by atoms with Gasteiger partial charge in [0.1, 0.15) is 0 Å². The van der Waals surface area contributed by atoms with Crippen molar-refractivity contribution in [3.8, 4) is 5.69 Å². The molecule has 0 saturated heterocycles. The summed E-state index contributed by atoms with van der Waals surface area (Å²) >= 11 is 0. The summed E-state index contributed by atoms with van der Waals surface area (Å²) in [6, 6.07) is 25.0. The normalized spacial score (nSPS) is 10.4. The number of urea groups is 1. The standard InChI is InChI=1S/C25H23N5O2/c1-17-15-18(2)30(29-17)23-13-11-19(12-14-23)24(31)26-21-9-6-10-22(16-21)28-25(32)27-20-7-4-3-5-8-20/h3-16H,1-2H3,(H,26,31)(H2,27,28,32). The Balaban J connectivity index is 1.40. The van der Waals surface area contributed by atoms with Gasteiger partial charge in [-0.3, -0.25) is 4.79 Å². The van der Waals surface area contributed by atoms with Gasteiger partial charge >= 0.3 is 6.03 Å². The van der Waals surface area contributed by atoms with Crippen LogP contribution in [0.1, 0.15) is 21.7 Å². The molecule has 0 bridgehead atoms. The molecule has 0 aliphatic carbocycles.